The molecular weight excluding hydrogens is 290 g/mol. The standard InChI is InChI=1S/C18H17N3O2/c1-2-23-17-9-7-15(8-10-17)20-18(22)14-5-3-6-16(13-14)21-12-4-11-19-21/h3-13H,2H2,1H3,(H,20,22). The first-order valence-electron chi connectivity index (χ1n) is 7.40. The molecule has 3 aromatic rings. The van der Waals surface area contributed by atoms with Crippen LogP contribution in [0.4, 0.5) is 5.69 Å². The summed E-state index contributed by atoms with van der Waals surface area (Å²) in [5, 5.41) is 7.05. The molecule has 116 valence electrons. The zero-order chi connectivity index (χ0) is 16.1. The fourth-order valence-corrected chi connectivity index (χ4v) is 2.22. The lowest BCUT2D eigenvalue weighted by Gasteiger charge is -2.08. The molecule has 1 heterocycles. The van der Waals surface area contributed by atoms with Gasteiger partial charge in [-0.15, -0.1) is 0 Å². The molecule has 0 aliphatic carbocycles. The van der Waals surface area contributed by atoms with Gasteiger partial charge in [0, 0.05) is 23.6 Å². The smallest absolute Gasteiger partial charge is 0.255 e. The number of anilines is 1. The van der Waals surface area contributed by atoms with Gasteiger partial charge < -0.3 is 10.1 Å². The summed E-state index contributed by atoms with van der Waals surface area (Å²) in [6.45, 7) is 2.55. The fourth-order valence-electron chi connectivity index (χ4n) is 2.22. The summed E-state index contributed by atoms with van der Waals surface area (Å²) >= 11 is 0. The molecule has 2 aromatic carbocycles. The van der Waals surface area contributed by atoms with E-state index in [0.717, 1.165) is 17.1 Å². The molecule has 5 heteroatoms. The van der Waals surface area contributed by atoms with Crippen molar-refractivity contribution in [2.75, 3.05) is 11.9 Å². The Labute approximate surface area is 134 Å². The molecule has 1 amide bonds. The Balaban J connectivity index is 1.74. The van der Waals surface area contributed by atoms with Crippen molar-refractivity contribution in [3.05, 3.63) is 72.6 Å². The van der Waals surface area contributed by atoms with E-state index in [4.69, 9.17) is 4.74 Å². The van der Waals surface area contributed by atoms with Crippen molar-refractivity contribution in [1.29, 1.82) is 0 Å². The lowest BCUT2D eigenvalue weighted by Crippen LogP contribution is -2.12. The van der Waals surface area contributed by atoms with Gasteiger partial charge in [-0.3, -0.25) is 4.79 Å². The van der Waals surface area contributed by atoms with E-state index in [2.05, 4.69) is 10.4 Å². The molecule has 0 saturated carbocycles. The van der Waals surface area contributed by atoms with Gasteiger partial charge in [-0.25, -0.2) is 4.68 Å². The van der Waals surface area contributed by atoms with Crippen LogP contribution in [-0.2, 0) is 0 Å². The van der Waals surface area contributed by atoms with Crippen molar-refractivity contribution in [2.45, 2.75) is 6.92 Å². The summed E-state index contributed by atoms with van der Waals surface area (Å²) in [6.07, 6.45) is 3.54. The second kappa shape index (κ2) is 6.79. The van der Waals surface area contributed by atoms with E-state index < -0.39 is 0 Å². The summed E-state index contributed by atoms with van der Waals surface area (Å²) < 4.78 is 7.10. The Kier molecular flexibility index (Phi) is 4.38. The van der Waals surface area contributed by atoms with Crippen molar-refractivity contribution < 1.29 is 9.53 Å². The van der Waals surface area contributed by atoms with E-state index in [9.17, 15) is 4.79 Å². The van der Waals surface area contributed by atoms with Gasteiger partial charge in [-0.1, -0.05) is 6.07 Å². The largest absolute Gasteiger partial charge is 0.494 e. The highest BCUT2D eigenvalue weighted by molar-refractivity contribution is 6.04. The molecule has 0 aliphatic heterocycles. The first kappa shape index (κ1) is 14.8. The molecule has 0 aliphatic rings. The van der Waals surface area contributed by atoms with E-state index in [1.165, 1.54) is 0 Å². The summed E-state index contributed by atoms with van der Waals surface area (Å²) in [6, 6.07) is 16.5. The van der Waals surface area contributed by atoms with Crippen LogP contribution < -0.4 is 10.1 Å². The van der Waals surface area contributed by atoms with Gasteiger partial charge in [-0.2, -0.15) is 5.10 Å². The van der Waals surface area contributed by atoms with Crippen LogP contribution in [0.2, 0.25) is 0 Å². The van der Waals surface area contributed by atoms with Gasteiger partial charge in [-0.05, 0) is 55.5 Å². The summed E-state index contributed by atoms with van der Waals surface area (Å²) in [4.78, 5) is 12.4. The van der Waals surface area contributed by atoms with Crippen LogP contribution in [0.25, 0.3) is 5.69 Å². The maximum atomic E-state index is 12.4. The average Bonchev–Trinajstić information content (AvgIpc) is 3.12. The van der Waals surface area contributed by atoms with E-state index in [1.54, 1.807) is 23.0 Å². The first-order valence-corrected chi connectivity index (χ1v) is 7.40. The van der Waals surface area contributed by atoms with Crippen molar-refractivity contribution in [3.63, 3.8) is 0 Å². The molecular formula is C18H17N3O2. The molecule has 0 fully saturated rings. The zero-order valence-electron chi connectivity index (χ0n) is 12.8. The van der Waals surface area contributed by atoms with Crippen LogP contribution >= 0.6 is 0 Å². The molecule has 0 unspecified atom stereocenters. The Morgan fingerprint density at radius 1 is 1.17 bits per heavy atom. The Morgan fingerprint density at radius 2 is 2.00 bits per heavy atom. The van der Waals surface area contributed by atoms with Crippen molar-refractivity contribution in [1.82, 2.24) is 9.78 Å². The number of carbonyl (C=O) groups excluding carboxylic acids is 1. The number of nitrogens with one attached hydrogen (secondary N) is 1. The number of amides is 1. The van der Waals surface area contributed by atoms with Crippen LogP contribution in [-0.4, -0.2) is 22.3 Å². The van der Waals surface area contributed by atoms with Crippen LogP contribution in [0, 0.1) is 0 Å². The highest BCUT2D eigenvalue weighted by Gasteiger charge is 2.08. The number of benzene rings is 2. The van der Waals surface area contributed by atoms with Gasteiger partial charge in [0.2, 0.25) is 0 Å². The van der Waals surface area contributed by atoms with E-state index >= 15 is 0 Å². The molecule has 0 atom stereocenters. The molecule has 3 rings (SSSR count). The fraction of sp³-hybridized carbons (Fsp3) is 0.111. The van der Waals surface area contributed by atoms with E-state index in [-0.39, 0.29) is 5.91 Å². The SMILES string of the molecule is CCOc1ccc(NC(=O)c2cccc(-n3cccn3)c2)cc1. The third kappa shape index (κ3) is 3.58. The number of nitrogens with zero attached hydrogens (tertiary/aromatic N) is 2. The van der Waals surface area contributed by atoms with Gasteiger partial charge in [0.25, 0.3) is 5.91 Å². The predicted molar refractivity (Wildman–Crippen MR) is 89.1 cm³/mol. The highest BCUT2D eigenvalue weighted by Crippen LogP contribution is 2.17. The van der Waals surface area contributed by atoms with Gasteiger partial charge in [0.15, 0.2) is 0 Å². The third-order valence-electron chi connectivity index (χ3n) is 3.30. The maximum absolute atomic E-state index is 12.4. The molecule has 1 aromatic heterocycles. The Hall–Kier alpha value is -3.08. The number of carbonyl (C=O) groups is 1. The lowest BCUT2D eigenvalue weighted by atomic mass is 10.2. The maximum Gasteiger partial charge on any atom is 0.255 e. The molecule has 0 saturated heterocycles. The number of ether oxygens (including phenoxy) is 1. The molecule has 5 nitrogen and oxygen atoms in total. The van der Waals surface area contributed by atoms with Gasteiger partial charge in [0.05, 0.1) is 12.3 Å². The minimum Gasteiger partial charge on any atom is -0.494 e. The van der Waals surface area contributed by atoms with Gasteiger partial charge >= 0.3 is 0 Å². The quantitative estimate of drug-likeness (QED) is 0.784. The average molecular weight is 307 g/mol. The predicted octanol–water partition coefficient (Wildman–Crippen LogP) is 3.52. The van der Waals surface area contributed by atoms with Crippen LogP contribution in [0.15, 0.2) is 67.0 Å². The monoisotopic (exact) mass is 307 g/mol. The molecule has 1 N–H and O–H groups in total. The highest BCUT2D eigenvalue weighted by atomic mass is 16.5. The minimum absolute atomic E-state index is 0.164. The molecule has 0 radical (unpaired) electrons. The topological polar surface area (TPSA) is 56.1 Å². The number of hydrogen-bond acceptors (Lipinski definition) is 3. The Bertz CT molecular complexity index is 780. The second-order valence-corrected chi connectivity index (χ2v) is 4.91. The summed E-state index contributed by atoms with van der Waals surface area (Å²) in [5.41, 5.74) is 2.14. The molecule has 23 heavy (non-hydrogen) atoms. The second-order valence-electron chi connectivity index (χ2n) is 4.91. The third-order valence-corrected chi connectivity index (χ3v) is 3.30. The lowest BCUT2D eigenvalue weighted by molar-refractivity contribution is 0.102. The van der Waals surface area contributed by atoms with Crippen molar-refractivity contribution in [3.8, 4) is 11.4 Å². The summed E-state index contributed by atoms with van der Waals surface area (Å²) in [7, 11) is 0. The van der Waals surface area contributed by atoms with Crippen LogP contribution in [0.1, 0.15) is 17.3 Å². The molecule has 0 spiro atoms. The van der Waals surface area contributed by atoms with E-state index in [0.29, 0.717) is 12.2 Å². The van der Waals surface area contributed by atoms with E-state index in [1.807, 2.05) is 55.6 Å². The zero-order valence-corrected chi connectivity index (χ0v) is 12.8. The van der Waals surface area contributed by atoms with Gasteiger partial charge in [0.1, 0.15) is 5.75 Å². The normalized spacial score (nSPS) is 10.3. The number of rotatable bonds is 5. The minimum atomic E-state index is -0.164. The molecule has 0 bridgehead atoms. The van der Waals surface area contributed by atoms with Crippen LogP contribution in [0.3, 0.4) is 0 Å². The number of hydrogen-bond donors (Lipinski definition) is 1. The van der Waals surface area contributed by atoms with Crippen molar-refractivity contribution in [2.24, 2.45) is 0 Å². The summed E-state index contributed by atoms with van der Waals surface area (Å²) in [5.74, 6) is 0.620. The first-order chi connectivity index (χ1) is 11.3. The van der Waals surface area contributed by atoms with Crippen molar-refractivity contribution >= 4 is 11.6 Å². The van der Waals surface area contributed by atoms with Crippen LogP contribution in [0.5, 0.6) is 5.75 Å². The number of aromatic nitrogens is 2. The Morgan fingerprint density at radius 3 is 2.70 bits per heavy atom.